The molecule has 26 heavy (non-hydrogen) atoms. The summed E-state index contributed by atoms with van der Waals surface area (Å²) < 4.78 is 10.1. The second-order valence-corrected chi connectivity index (χ2v) is 6.65. The average Bonchev–Trinajstić information content (AvgIpc) is 3.21. The fraction of sp³-hybridized carbons (Fsp3) is 0.238. The van der Waals surface area contributed by atoms with Crippen LogP contribution in [0.25, 0.3) is 6.08 Å². The highest BCUT2D eigenvalue weighted by Crippen LogP contribution is 2.46. The molecule has 2 heterocycles. The Balaban J connectivity index is 1.65. The van der Waals surface area contributed by atoms with Crippen molar-refractivity contribution in [2.24, 2.45) is 0 Å². The van der Waals surface area contributed by atoms with Crippen LogP contribution in [0.15, 0.2) is 64.9 Å². The maximum absolute atomic E-state index is 12.3. The zero-order valence-corrected chi connectivity index (χ0v) is 15.1. The van der Waals surface area contributed by atoms with Crippen LogP contribution in [0.1, 0.15) is 25.2 Å². The molecule has 0 bridgehead atoms. The summed E-state index contributed by atoms with van der Waals surface area (Å²) in [4.78, 5) is 26.0. The van der Waals surface area contributed by atoms with E-state index in [0.29, 0.717) is 5.76 Å². The lowest BCUT2D eigenvalue weighted by Crippen LogP contribution is -2.25. The van der Waals surface area contributed by atoms with Crippen LogP contribution in [0.5, 0.6) is 0 Å². The van der Waals surface area contributed by atoms with E-state index in [9.17, 15) is 9.59 Å². The van der Waals surface area contributed by atoms with Gasteiger partial charge in [-0.25, -0.2) is 4.79 Å². The van der Waals surface area contributed by atoms with Gasteiger partial charge in [-0.1, -0.05) is 32.0 Å². The van der Waals surface area contributed by atoms with Crippen molar-refractivity contribution in [3.63, 3.8) is 0 Å². The van der Waals surface area contributed by atoms with Crippen molar-refractivity contribution in [2.75, 3.05) is 18.6 Å². The van der Waals surface area contributed by atoms with E-state index in [1.165, 1.54) is 24.0 Å². The summed E-state index contributed by atoms with van der Waals surface area (Å²) in [6.07, 6.45) is 5.80. The second-order valence-electron chi connectivity index (χ2n) is 6.65. The summed E-state index contributed by atoms with van der Waals surface area (Å²) in [5.74, 6) is -0.301. The minimum atomic E-state index is -0.588. The molecule has 0 fully saturated rings. The summed E-state index contributed by atoms with van der Waals surface area (Å²) in [6.45, 7) is 3.85. The Labute approximate surface area is 152 Å². The number of rotatable bonds is 5. The van der Waals surface area contributed by atoms with E-state index >= 15 is 0 Å². The molecule has 1 aromatic heterocycles. The van der Waals surface area contributed by atoms with Gasteiger partial charge in [-0.2, -0.15) is 0 Å². The van der Waals surface area contributed by atoms with Crippen molar-refractivity contribution >= 4 is 23.5 Å². The van der Waals surface area contributed by atoms with E-state index in [2.05, 4.69) is 19.9 Å². The topological polar surface area (TPSA) is 59.8 Å². The standard InChI is InChI=1S/C21H21NO4/c1-21(2)17-8-4-5-9-18(17)22(3)19(21)13-15(23)14-26-20(24)11-10-16-7-6-12-25-16/h4-13H,14H2,1-3H3. The van der Waals surface area contributed by atoms with E-state index in [4.69, 9.17) is 9.15 Å². The van der Waals surface area contributed by atoms with Crippen LogP contribution >= 0.6 is 0 Å². The normalized spacial score (nSPS) is 16.9. The fourth-order valence-electron chi connectivity index (χ4n) is 3.18. The Kier molecular flexibility index (Phi) is 4.80. The minimum absolute atomic E-state index is 0.257. The molecule has 2 aromatic rings. The van der Waals surface area contributed by atoms with Gasteiger partial charge in [0.25, 0.3) is 0 Å². The van der Waals surface area contributed by atoms with Gasteiger partial charge in [-0.3, -0.25) is 4.79 Å². The van der Waals surface area contributed by atoms with Gasteiger partial charge >= 0.3 is 5.97 Å². The van der Waals surface area contributed by atoms with Crippen LogP contribution in [0.3, 0.4) is 0 Å². The molecule has 0 unspecified atom stereocenters. The lowest BCUT2D eigenvalue weighted by molar-refractivity contribution is -0.141. The summed E-state index contributed by atoms with van der Waals surface area (Å²) in [5, 5.41) is 0. The largest absolute Gasteiger partial charge is 0.465 e. The number of esters is 1. The average molecular weight is 351 g/mol. The number of ether oxygens (including phenoxy) is 1. The predicted molar refractivity (Wildman–Crippen MR) is 99.7 cm³/mol. The molecular weight excluding hydrogens is 330 g/mol. The lowest BCUT2D eigenvalue weighted by Gasteiger charge is -2.23. The smallest absolute Gasteiger partial charge is 0.331 e. The molecular formula is C21H21NO4. The van der Waals surface area contributed by atoms with Gasteiger partial charge in [-0.05, 0) is 29.8 Å². The van der Waals surface area contributed by atoms with Crippen LogP contribution in [0.2, 0.25) is 0 Å². The third-order valence-corrected chi connectivity index (χ3v) is 4.52. The van der Waals surface area contributed by atoms with Crippen molar-refractivity contribution in [1.29, 1.82) is 0 Å². The summed E-state index contributed by atoms with van der Waals surface area (Å²) in [7, 11) is 1.94. The van der Waals surface area contributed by atoms with E-state index in [1.54, 1.807) is 18.2 Å². The van der Waals surface area contributed by atoms with Gasteiger partial charge in [0.1, 0.15) is 5.76 Å². The van der Waals surface area contributed by atoms with Gasteiger partial charge in [-0.15, -0.1) is 0 Å². The Hall–Kier alpha value is -3.08. The van der Waals surface area contributed by atoms with Gasteiger partial charge in [0, 0.05) is 36.0 Å². The number of hydrogen-bond donors (Lipinski definition) is 0. The zero-order valence-electron chi connectivity index (χ0n) is 15.1. The van der Waals surface area contributed by atoms with Crippen molar-refractivity contribution in [3.8, 4) is 0 Å². The number of carbonyl (C=O) groups excluding carboxylic acids is 2. The number of nitrogens with zero attached hydrogens (tertiary/aromatic N) is 1. The van der Waals surface area contributed by atoms with Crippen molar-refractivity contribution < 1.29 is 18.7 Å². The number of para-hydroxylation sites is 1. The van der Waals surface area contributed by atoms with Crippen molar-refractivity contribution in [1.82, 2.24) is 0 Å². The quantitative estimate of drug-likeness (QED) is 0.607. The number of fused-ring (bicyclic) bond motifs is 1. The first-order valence-electron chi connectivity index (χ1n) is 8.36. The molecule has 0 N–H and O–H groups in total. The Morgan fingerprint density at radius 1 is 1.19 bits per heavy atom. The Bertz CT molecular complexity index is 875. The van der Waals surface area contributed by atoms with Gasteiger partial charge in [0.15, 0.2) is 12.4 Å². The molecule has 3 rings (SSSR count). The molecule has 1 aliphatic heterocycles. The molecule has 1 aromatic carbocycles. The van der Waals surface area contributed by atoms with Crippen LogP contribution in [-0.2, 0) is 19.7 Å². The molecule has 0 spiro atoms. The van der Waals surface area contributed by atoms with Gasteiger partial charge in [0.05, 0.1) is 6.26 Å². The SMILES string of the molecule is CN1C(=CC(=O)COC(=O)C=Cc2ccco2)C(C)(C)c2ccccc21. The van der Waals surface area contributed by atoms with E-state index in [1.807, 2.05) is 30.1 Å². The molecule has 134 valence electrons. The van der Waals surface area contributed by atoms with Crippen LogP contribution < -0.4 is 4.90 Å². The molecule has 5 nitrogen and oxygen atoms in total. The maximum atomic E-state index is 12.3. The summed E-state index contributed by atoms with van der Waals surface area (Å²) >= 11 is 0. The highest BCUT2D eigenvalue weighted by Gasteiger charge is 2.38. The van der Waals surface area contributed by atoms with Crippen molar-refractivity contribution in [3.05, 3.63) is 71.8 Å². The number of furan rings is 1. The molecule has 0 radical (unpaired) electrons. The molecule has 0 saturated heterocycles. The molecule has 1 aliphatic rings. The lowest BCUT2D eigenvalue weighted by atomic mass is 9.83. The van der Waals surface area contributed by atoms with Gasteiger partial charge < -0.3 is 14.1 Å². The first-order valence-corrected chi connectivity index (χ1v) is 8.36. The number of allylic oxidation sites excluding steroid dienone is 1. The Morgan fingerprint density at radius 2 is 1.96 bits per heavy atom. The van der Waals surface area contributed by atoms with Crippen LogP contribution in [0, 0.1) is 0 Å². The monoisotopic (exact) mass is 351 g/mol. The second kappa shape index (κ2) is 7.04. The maximum Gasteiger partial charge on any atom is 0.331 e. The van der Waals surface area contributed by atoms with Crippen molar-refractivity contribution in [2.45, 2.75) is 19.3 Å². The highest BCUT2D eigenvalue weighted by atomic mass is 16.5. The molecule has 0 atom stereocenters. The molecule has 0 saturated carbocycles. The number of anilines is 1. The third-order valence-electron chi connectivity index (χ3n) is 4.52. The highest BCUT2D eigenvalue weighted by molar-refractivity contribution is 5.95. The van der Waals surface area contributed by atoms with Gasteiger partial charge in [0.2, 0.25) is 0 Å². The molecule has 0 aliphatic carbocycles. The zero-order chi connectivity index (χ0) is 18.7. The Morgan fingerprint density at radius 3 is 2.65 bits per heavy atom. The number of carbonyl (C=O) groups is 2. The number of hydrogen-bond acceptors (Lipinski definition) is 5. The third kappa shape index (κ3) is 3.47. The van der Waals surface area contributed by atoms with E-state index in [0.717, 1.165) is 11.4 Å². The number of benzene rings is 1. The molecule has 5 heteroatoms. The van der Waals surface area contributed by atoms with Crippen LogP contribution in [-0.4, -0.2) is 25.4 Å². The molecule has 0 amide bonds. The van der Waals surface area contributed by atoms with E-state index < -0.39 is 5.97 Å². The summed E-state index contributed by atoms with van der Waals surface area (Å²) in [6, 6.07) is 11.5. The van der Waals surface area contributed by atoms with Crippen LogP contribution in [0.4, 0.5) is 5.69 Å². The fourth-order valence-corrected chi connectivity index (χ4v) is 3.18. The number of ketones is 1. The summed E-state index contributed by atoms with van der Waals surface area (Å²) in [5.41, 5.74) is 2.84. The predicted octanol–water partition coefficient (Wildman–Crippen LogP) is 3.72. The van der Waals surface area contributed by atoms with E-state index in [-0.39, 0.29) is 17.8 Å². The first kappa shape index (κ1) is 17.7. The minimum Gasteiger partial charge on any atom is -0.465 e. The first-order chi connectivity index (χ1) is 12.4. The number of likely N-dealkylation sites (N-methyl/N-ethyl adjacent to an activating group) is 1.